The van der Waals surface area contributed by atoms with E-state index in [2.05, 4.69) is 5.32 Å². The maximum atomic E-state index is 11.0. The number of hydrogen-bond donors (Lipinski definition) is 1. The second-order valence-electron chi connectivity index (χ2n) is 3.82. The Kier molecular flexibility index (Phi) is 7.79. The molecule has 0 fully saturated rings. The highest BCUT2D eigenvalue weighted by Gasteiger charge is 2.14. The summed E-state index contributed by atoms with van der Waals surface area (Å²) in [5.41, 5.74) is 0.776. The molecule has 0 saturated carbocycles. The molecule has 1 N–H and O–H groups in total. The van der Waals surface area contributed by atoms with Crippen molar-refractivity contribution in [2.24, 2.45) is 0 Å². The van der Waals surface area contributed by atoms with Crippen LogP contribution in [0, 0.1) is 0 Å². The first-order chi connectivity index (χ1) is 8.52. The van der Waals surface area contributed by atoms with E-state index in [1.807, 2.05) is 6.07 Å². The van der Waals surface area contributed by atoms with Crippen LogP contribution < -0.4 is 10.1 Å². The van der Waals surface area contributed by atoms with Crippen LogP contribution in [0.1, 0.15) is 25.5 Å². The number of benzene rings is 1. The summed E-state index contributed by atoms with van der Waals surface area (Å²) in [7, 11) is 1.77. The molecule has 1 rings (SSSR count). The molecule has 5 nitrogen and oxygen atoms in total. The molecule has 0 spiro atoms. The minimum Gasteiger partial charge on any atom is -0.456 e. The SMILES string of the molecule is CNC[C@H](OC(C)=O)c1cccc(OC(C)=O)c1.Cl. The third kappa shape index (κ3) is 6.22. The minimum absolute atomic E-state index is 0. The third-order valence-corrected chi connectivity index (χ3v) is 2.19. The summed E-state index contributed by atoms with van der Waals surface area (Å²) >= 11 is 0. The second kappa shape index (κ2) is 8.50. The highest BCUT2D eigenvalue weighted by Crippen LogP contribution is 2.22. The van der Waals surface area contributed by atoms with Crippen molar-refractivity contribution in [3.8, 4) is 5.75 Å². The average Bonchev–Trinajstić information content (AvgIpc) is 2.27. The van der Waals surface area contributed by atoms with Gasteiger partial charge < -0.3 is 14.8 Å². The number of ether oxygens (including phenoxy) is 2. The summed E-state index contributed by atoms with van der Waals surface area (Å²) in [6.07, 6.45) is -0.400. The predicted molar refractivity (Wildman–Crippen MR) is 73.4 cm³/mol. The lowest BCUT2D eigenvalue weighted by Gasteiger charge is -2.17. The van der Waals surface area contributed by atoms with Crippen molar-refractivity contribution in [1.29, 1.82) is 0 Å². The van der Waals surface area contributed by atoms with Crippen LogP contribution in [-0.4, -0.2) is 25.5 Å². The van der Waals surface area contributed by atoms with Gasteiger partial charge in [0.15, 0.2) is 0 Å². The van der Waals surface area contributed by atoms with Gasteiger partial charge in [-0.05, 0) is 24.7 Å². The Morgan fingerprint density at radius 1 is 1.26 bits per heavy atom. The topological polar surface area (TPSA) is 64.6 Å². The molecule has 0 aliphatic heterocycles. The van der Waals surface area contributed by atoms with Gasteiger partial charge in [0.1, 0.15) is 11.9 Å². The van der Waals surface area contributed by atoms with E-state index < -0.39 is 6.10 Å². The van der Waals surface area contributed by atoms with Crippen molar-refractivity contribution in [1.82, 2.24) is 5.32 Å². The van der Waals surface area contributed by atoms with Crippen molar-refractivity contribution in [3.63, 3.8) is 0 Å². The van der Waals surface area contributed by atoms with Gasteiger partial charge in [-0.25, -0.2) is 0 Å². The zero-order valence-corrected chi connectivity index (χ0v) is 12.0. The van der Waals surface area contributed by atoms with Crippen LogP contribution in [0.15, 0.2) is 24.3 Å². The van der Waals surface area contributed by atoms with Crippen LogP contribution in [0.3, 0.4) is 0 Å². The van der Waals surface area contributed by atoms with Gasteiger partial charge in [0.25, 0.3) is 0 Å². The molecular formula is C13H18ClNO4. The van der Waals surface area contributed by atoms with Crippen molar-refractivity contribution < 1.29 is 19.1 Å². The van der Waals surface area contributed by atoms with E-state index in [9.17, 15) is 9.59 Å². The fourth-order valence-electron chi connectivity index (χ4n) is 1.56. The van der Waals surface area contributed by atoms with Gasteiger partial charge in [-0.1, -0.05) is 12.1 Å². The van der Waals surface area contributed by atoms with Gasteiger partial charge in [0.05, 0.1) is 0 Å². The molecule has 19 heavy (non-hydrogen) atoms. The summed E-state index contributed by atoms with van der Waals surface area (Å²) in [6, 6.07) is 6.93. The molecule has 0 aliphatic rings. The van der Waals surface area contributed by atoms with Gasteiger partial charge in [0, 0.05) is 20.4 Å². The maximum Gasteiger partial charge on any atom is 0.308 e. The first-order valence-electron chi connectivity index (χ1n) is 5.63. The Balaban J connectivity index is 0.00000324. The standard InChI is InChI=1S/C13H17NO4.ClH/c1-9(15)17-12-6-4-5-11(7-12)13(8-14-3)18-10(2)16;/h4-7,13-14H,8H2,1-3H3;1H/t13-;/m0./s1. The lowest BCUT2D eigenvalue weighted by atomic mass is 10.1. The van der Waals surface area contributed by atoms with Crippen molar-refractivity contribution in [2.45, 2.75) is 20.0 Å². The van der Waals surface area contributed by atoms with E-state index in [0.717, 1.165) is 5.56 Å². The highest BCUT2D eigenvalue weighted by molar-refractivity contribution is 5.85. The number of nitrogens with one attached hydrogen (secondary N) is 1. The molecule has 0 aromatic heterocycles. The van der Waals surface area contributed by atoms with E-state index in [4.69, 9.17) is 9.47 Å². The van der Waals surface area contributed by atoms with Crippen LogP contribution in [-0.2, 0) is 14.3 Å². The molecule has 0 saturated heterocycles. The Morgan fingerprint density at radius 2 is 1.95 bits per heavy atom. The van der Waals surface area contributed by atoms with E-state index in [1.165, 1.54) is 13.8 Å². The quantitative estimate of drug-likeness (QED) is 0.661. The molecule has 0 radical (unpaired) electrons. The molecule has 1 aromatic carbocycles. The molecule has 106 valence electrons. The number of likely N-dealkylation sites (N-methyl/N-ethyl adjacent to an activating group) is 1. The number of rotatable bonds is 5. The Bertz CT molecular complexity index is 436. The average molecular weight is 288 g/mol. The monoisotopic (exact) mass is 287 g/mol. The van der Waals surface area contributed by atoms with Crippen molar-refractivity contribution in [3.05, 3.63) is 29.8 Å². The lowest BCUT2D eigenvalue weighted by molar-refractivity contribution is -0.146. The van der Waals surface area contributed by atoms with Gasteiger partial charge in [0.2, 0.25) is 0 Å². The first-order valence-corrected chi connectivity index (χ1v) is 5.63. The fraction of sp³-hybridized carbons (Fsp3) is 0.385. The number of carbonyl (C=O) groups is 2. The van der Waals surface area contributed by atoms with Gasteiger partial charge in [-0.3, -0.25) is 9.59 Å². The maximum absolute atomic E-state index is 11.0. The lowest BCUT2D eigenvalue weighted by Crippen LogP contribution is -2.21. The zero-order chi connectivity index (χ0) is 13.5. The molecule has 1 atom stereocenters. The Morgan fingerprint density at radius 3 is 2.47 bits per heavy atom. The summed E-state index contributed by atoms with van der Waals surface area (Å²) < 4.78 is 10.2. The van der Waals surface area contributed by atoms with Crippen LogP contribution in [0.5, 0.6) is 5.75 Å². The summed E-state index contributed by atoms with van der Waals surface area (Å²) in [5.74, 6) is -0.300. The molecule has 0 amide bonds. The normalized spacial score (nSPS) is 11.1. The van der Waals surface area contributed by atoms with Gasteiger partial charge in [-0.2, -0.15) is 0 Å². The number of carbonyl (C=O) groups excluding carboxylic acids is 2. The van der Waals surface area contributed by atoms with E-state index in [-0.39, 0.29) is 24.3 Å². The van der Waals surface area contributed by atoms with E-state index in [0.29, 0.717) is 12.3 Å². The summed E-state index contributed by atoms with van der Waals surface area (Å²) in [5, 5.41) is 2.95. The second-order valence-corrected chi connectivity index (χ2v) is 3.82. The van der Waals surface area contributed by atoms with Crippen LogP contribution in [0.4, 0.5) is 0 Å². The molecule has 0 unspecified atom stereocenters. The fourth-order valence-corrected chi connectivity index (χ4v) is 1.56. The van der Waals surface area contributed by atoms with Crippen LogP contribution >= 0.6 is 12.4 Å². The zero-order valence-electron chi connectivity index (χ0n) is 11.1. The Labute approximate surface area is 118 Å². The van der Waals surface area contributed by atoms with E-state index >= 15 is 0 Å². The first kappa shape index (κ1) is 17.4. The Hall–Kier alpha value is -1.59. The molecule has 0 aliphatic carbocycles. The van der Waals surface area contributed by atoms with Crippen molar-refractivity contribution in [2.75, 3.05) is 13.6 Å². The van der Waals surface area contributed by atoms with Crippen LogP contribution in [0.2, 0.25) is 0 Å². The molecule has 0 bridgehead atoms. The summed E-state index contributed by atoms with van der Waals surface area (Å²) in [4.78, 5) is 21.9. The predicted octanol–water partition coefficient (Wildman–Crippen LogP) is 1.86. The number of esters is 2. The molecule has 0 heterocycles. The van der Waals surface area contributed by atoms with Crippen molar-refractivity contribution >= 4 is 24.3 Å². The van der Waals surface area contributed by atoms with Gasteiger partial charge in [-0.15, -0.1) is 12.4 Å². The molecule has 1 aromatic rings. The van der Waals surface area contributed by atoms with Crippen LogP contribution in [0.25, 0.3) is 0 Å². The largest absolute Gasteiger partial charge is 0.456 e. The smallest absolute Gasteiger partial charge is 0.308 e. The number of hydrogen-bond acceptors (Lipinski definition) is 5. The molecular weight excluding hydrogens is 270 g/mol. The number of halogens is 1. The minimum atomic E-state index is -0.400. The summed E-state index contributed by atoms with van der Waals surface area (Å²) in [6.45, 7) is 3.19. The van der Waals surface area contributed by atoms with Gasteiger partial charge >= 0.3 is 11.9 Å². The highest BCUT2D eigenvalue weighted by atomic mass is 35.5. The van der Waals surface area contributed by atoms with E-state index in [1.54, 1.807) is 25.2 Å². The third-order valence-electron chi connectivity index (χ3n) is 2.19. The molecule has 6 heteroatoms.